The van der Waals surface area contributed by atoms with E-state index in [0.717, 1.165) is 17.8 Å². The number of hydrogen-bond acceptors (Lipinski definition) is 3. The predicted octanol–water partition coefficient (Wildman–Crippen LogP) is 3.70. The van der Waals surface area contributed by atoms with Crippen molar-refractivity contribution in [2.45, 2.75) is 84.4 Å². The van der Waals surface area contributed by atoms with E-state index in [9.17, 15) is 4.79 Å². The lowest BCUT2D eigenvalue weighted by Gasteiger charge is -2.35. The third kappa shape index (κ3) is 6.15. The maximum absolute atomic E-state index is 11.8. The smallest absolute Gasteiger partial charge is 0.407 e. The summed E-state index contributed by atoms with van der Waals surface area (Å²) in [5.74, 6) is 2.34. The molecule has 128 valence electrons. The molecule has 0 bridgehead atoms. The molecule has 2 saturated carbocycles. The van der Waals surface area contributed by atoms with Gasteiger partial charge >= 0.3 is 6.09 Å². The molecule has 0 heterocycles. The van der Waals surface area contributed by atoms with Gasteiger partial charge in [0, 0.05) is 18.6 Å². The van der Waals surface area contributed by atoms with Gasteiger partial charge in [0.1, 0.15) is 5.60 Å². The number of rotatable bonds is 5. The van der Waals surface area contributed by atoms with Gasteiger partial charge in [-0.3, -0.25) is 0 Å². The average molecular weight is 310 g/mol. The molecule has 2 rings (SSSR count). The zero-order valence-electron chi connectivity index (χ0n) is 14.9. The summed E-state index contributed by atoms with van der Waals surface area (Å²) in [6.07, 6.45) is 6.14. The molecule has 22 heavy (non-hydrogen) atoms. The van der Waals surface area contributed by atoms with E-state index in [2.05, 4.69) is 24.5 Å². The van der Waals surface area contributed by atoms with Crippen molar-refractivity contribution >= 4 is 6.09 Å². The minimum atomic E-state index is -0.430. The summed E-state index contributed by atoms with van der Waals surface area (Å²) < 4.78 is 5.33. The second-order valence-corrected chi connectivity index (χ2v) is 8.61. The second kappa shape index (κ2) is 7.20. The van der Waals surface area contributed by atoms with Gasteiger partial charge in [-0.25, -0.2) is 4.79 Å². The van der Waals surface area contributed by atoms with Crippen molar-refractivity contribution in [2.75, 3.05) is 6.54 Å². The van der Waals surface area contributed by atoms with E-state index >= 15 is 0 Å². The van der Waals surface area contributed by atoms with Crippen molar-refractivity contribution in [2.24, 2.45) is 17.8 Å². The molecule has 4 heteroatoms. The first-order valence-electron chi connectivity index (χ1n) is 8.96. The first-order chi connectivity index (χ1) is 10.2. The van der Waals surface area contributed by atoms with Crippen LogP contribution in [0.25, 0.3) is 0 Å². The Balaban J connectivity index is 1.79. The van der Waals surface area contributed by atoms with Gasteiger partial charge in [-0.05, 0) is 70.6 Å². The van der Waals surface area contributed by atoms with E-state index in [1.54, 1.807) is 0 Å². The highest BCUT2D eigenvalue weighted by Gasteiger charge is 2.34. The molecule has 0 aromatic heterocycles. The van der Waals surface area contributed by atoms with Gasteiger partial charge in [0.15, 0.2) is 0 Å². The molecule has 0 spiro atoms. The Hall–Kier alpha value is -0.770. The summed E-state index contributed by atoms with van der Waals surface area (Å²) in [6, 6.07) is 1.000. The van der Waals surface area contributed by atoms with Gasteiger partial charge in [-0.15, -0.1) is 0 Å². The van der Waals surface area contributed by atoms with Crippen LogP contribution in [-0.2, 0) is 4.74 Å². The van der Waals surface area contributed by atoms with Crippen LogP contribution in [0.15, 0.2) is 0 Å². The average Bonchev–Trinajstić information content (AvgIpc) is 3.15. The molecule has 0 radical (unpaired) electrons. The molecule has 3 atom stereocenters. The molecular formula is C18H34N2O2. The molecule has 0 aromatic rings. The Labute approximate surface area is 135 Å². The number of carbonyl (C=O) groups is 1. The quantitative estimate of drug-likeness (QED) is 0.814. The Morgan fingerprint density at radius 1 is 1.14 bits per heavy atom. The van der Waals surface area contributed by atoms with Crippen LogP contribution >= 0.6 is 0 Å². The van der Waals surface area contributed by atoms with E-state index < -0.39 is 5.60 Å². The number of ether oxygens (including phenoxy) is 1. The van der Waals surface area contributed by atoms with Gasteiger partial charge in [-0.2, -0.15) is 0 Å². The van der Waals surface area contributed by atoms with E-state index in [0.29, 0.717) is 18.6 Å². The van der Waals surface area contributed by atoms with Crippen molar-refractivity contribution in [1.29, 1.82) is 0 Å². The summed E-state index contributed by atoms with van der Waals surface area (Å²) in [6.45, 7) is 11.1. The molecule has 1 amide bonds. The first-order valence-corrected chi connectivity index (χ1v) is 8.96. The van der Waals surface area contributed by atoms with Crippen LogP contribution in [0, 0.1) is 17.8 Å². The third-order valence-electron chi connectivity index (χ3n) is 4.68. The molecule has 2 aliphatic carbocycles. The summed E-state index contributed by atoms with van der Waals surface area (Å²) >= 11 is 0. The lowest BCUT2D eigenvalue weighted by Crippen LogP contribution is -2.49. The molecule has 2 fully saturated rings. The fourth-order valence-corrected chi connectivity index (χ4v) is 3.75. The SMILES string of the molecule is CC1CC(C)CC(NC(CNC(=O)OC(C)(C)C)C2CC2)C1. The fraction of sp³-hybridized carbons (Fsp3) is 0.944. The van der Waals surface area contributed by atoms with Crippen LogP contribution in [0.5, 0.6) is 0 Å². The lowest BCUT2D eigenvalue weighted by atomic mass is 9.80. The van der Waals surface area contributed by atoms with Crippen LogP contribution < -0.4 is 10.6 Å². The number of alkyl carbamates (subject to hydrolysis) is 1. The van der Waals surface area contributed by atoms with Crippen molar-refractivity contribution < 1.29 is 9.53 Å². The van der Waals surface area contributed by atoms with E-state index in [-0.39, 0.29) is 6.09 Å². The maximum Gasteiger partial charge on any atom is 0.407 e. The Bertz CT molecular complexity index is 364. The van der Waals surface area contributed by atoms with Gasteiger partial charge < -0.3 is 15.4 Å². The fourth-order valence-electron chi connectivity index (χ4n) is 3.75. The number of hydrogen-bond donors (Lipinski definition) is 2. The van der Waals surface area contributed by atoms with E-state index in [1.165, 1.54) is 32.1 Å². The zero-order chi connectivity index (χ0) is 16.3. The van der Waals surface area contributed by atoms with Gasteiger partial charge in [0.2, 0.25) is 0 Å². The predicted molar refractivity (Wildman–Crippen MR) is 89.9 cm³/mol. The Morgan fingerprint density at radius 2 is 1.73 bits per heavy atom. The van der Waals surface area contributed by atoms with Crippen LogP contribution in [-0.4, -0.2) is 30.3 Å². The van der Waals surface area contributed by atoms with E-state index in [4.69, 9.17) is 4.74 Å². The van der Waals surface area contributed by atoms with Crippen molar-refractivity contribution in [3.8, 4) is 0 Å². The lowest BCUT2D eigenvalue weighted by molar-refractivity contribution is 0.0518. The molecule has 2 aliphatic rings. The molecular weight excluding hydrogens is 276 g/mol. The number of amides is 1. The van der Waals surface area contributed by atoms with Gasteiger partial charge in [0.05, 0.1) is 0 Å². The molecule has 0 aliphatic heterocycles. The van der Waals surface area contributed by atoms with Crippen LogP contribution in [0.2, 0.25) is 0 Å². The highest BCUT2D eigenvalue weighted by Crippen LogP contribution is 2.35. The highest BCUT2D eigenvalue weighted by molar-refractivity contribution is 5.67. The highest BCUT2D eigenvalue weighted by atomic mass is 16.6. The summed E-state index contributed by atoms with van der Waals surface area (Å²) in [5, 5.41) is 6.78. The standard InChI is InChI=1S/C18H34N2O2/c1-12-8-13(2)10-15(9-12)20-16(14-6-7-14)11-19-17(21)22-18(3,4)5/h12-16,20H,6-11H2,1-5H3,(H,19,21). The van der Waals surface area contributed by atoms with Crippen LogP contribution in [0.3, 0.4) is 0 Å². The Morgan fingerprint density at radius 3 is 2.23 bits per heavy atom. The zero-order valence-corrected chi connectivity index (χ0v) is 14.9. The normalized spacial score (nSPS) is 30.7. The Kier molecular flexibility index (Phi) is 5.76. The van der Waals surface area contributed by atoms with Crippen LogP contribution in [0.4, 0.5) is 4.79 Å². The summed E-state index contributed by atoms with van der Waals surface area (Å²) in [4.78, 5) is 11.8. The van der Waals surface area contributed by atoms with E-state index in [1.807, 2.05) is 20.8 Å². The van der Waals surface area contributed by atoms with Crippen molar-refractivity contribution in [1.82, 2.24) is 10.6 Å². The largest absolute Gasteiger partial charge is 0.444 e. The summed E-state index contributed by atoms with van der Waals surface area (Å²) in [5.41, 5.74) is -0.430. The first kappa shape index (κ1) is 17.6. The summed E-state index contributed by atoms with van der Waals surface area (Å²) in [7, 11) is 0. The monoisotopic (exact) mass is 310 g/mol. The maximum atomic E-state index is 11.8. The van der Waals surface area contributed by atoms with Crippen molar-refractivity contribution in [3.63, 3.8) is 0 Å². The molecule has 0 aromatic carbocycles. The molecule has 2 N–H and O–H groups in total. The minimum absolute atomic E-state index is 0.301. The topological polar surface area (TPSA) is 50.4 Å². The second-order valence-electron chi connectivity index (χ2n) is 8.61. The molecule has 3 unspecified atom stereocenters. The molecule has 0 saturated heterocycles. The number of carbonyl (C=O) groups excluding carboxylic acids is 1. The number of nitrogens with one attached hydrogen (secondary N) is 2. The molecule has 4 nitrogen and oxygen atoms in total. The van der Waals surface area contributed by atoms with Crippen molar-refractivity contribution in [3.05, 3.63) is 0 Å². The third-order valence-corrected chi connectivity index (χ3v) is 4.68. The van der Waals surface area contributed by atoms with Gasteiger partial charge in [0.25, 0.3) is 0 Å². The van der Waals surface area contributed by atoms with Crippen LogP contribution in [0.1, 0.15) is 66.7 Å². The minimum Gasteiger partial charge on any atom is -0.444 e. The van der Waals surface area contributed by atoms with Gasteiger partial charge in [-0.1, -0.05) is 13.8 Å².